The van der Waals surface area contributed by atoms with Gasteiger partial charge in [-0.3, -0.25) is 24.0 Å². The van der Waals surface area contributed by atoms with Gasteiger partial charge >= 0.3 is 24.5 Å². The number of fused-ring (bicyclic) bond motifs is 6. The molecule has 104 heavy (non-hydrogen) atoms. The average Bonchev–Trinajstić information content (AvgIpc) is 1.57. The lowest BCUT2D eigenvalue weighted by molar-refractivity contribution is -0.148. The van der Waals surface area contributed by atoms with E-state index in [4.69, 9.17) is 5.11 Å². The van der Waals surface area contributed by atoms with Crippen molar-refractivity contribution in [1.82, 2.24) is 90.0 Å². The molecule has 5 N–H and O–H groups in total. The second-order valence-electron chi connectivity index (χ2n) is 23.3. The number of nitrogens with zero attached hydrogens (tertiary/aromatic N) is 14. The van der Waals surface area contributed by atoms with E-state index < -0.39 is 71.2 Å². The zero-order chi connectivity index (χ0) is 73.2. The molecule has 0 saturated heterocycles. The van der Waals surface area contributed by atoms with Gasteiger partial charge in [0.15, 0.2) is 11.6 Å². The highest BCUT2D eigenvalue weighted by molar-refractivity contribution is 5.96. The number of alkyl halides is 9. The second-order valence-corrected chi connectivity index (χ2v) is 23.3. The number of aromatic carboxylic acids is 1. The van der Waals surface area contributed by atoms with E-state index in [1.807, 2.05) is 0 Å². The number of benzene rings is 6. The number of aromatic nitrogens is 15. The lowest BCUT2D eigenvalue weighted by atomic mass is 10.0. The molecule has 0 saturated carbocycles. The Morgan fingerprint density at radius 1 is 0.413 bits per heavy atom. The van der Waals surface area contributed by atoms with Crippen LogP contribution < -0.4 is 22.0 Å². The Balaban J connectivity index is 0.000000146. The highest BCUT2D eigenvalue weighted by atomic mass is 35.5. The average molecular weight is 1470 g/mol. The molecule has 3 aliphatic rings. The summed E-state index contributed by atoms with van der Waals surface area (Å²) in [5, 5.41) is 54.8. The minimum atomic E-state index is -4.65. The van der Waals surface area contributed by atoms with Gasteiger partial charge in [-0.15, -0.1) is 43.0 Å². The molecule has 0 radical (unpaired) electrons. The van der Waals surface area contributed by atoms with Crippen molar-refractivity contribution in [2.75, 3.05) is 19.6 Å². The van der Waals surface area contributed by atoms with E-state index in [1.54, 1.807) is 72.8 Å². The fourth-order valence-corrected chi connectivity index (χ4v) is 11.8. The van der Waals surface area contributed by atoms with Gasteiger partial charge in [0.1, 0.15) is 23.3 Å². The first-order valence-corrected chi connectivity index (χ1v) is 30.8. The molecule has 38 heteroatoms. The van der Waals surface area contributed by atoms with Crippen molar-refractivity contribution < 1.29 is 72.2 Å². The van der Waals surface area contributed by atoms with Gasteiger partial charge in [-0.2, -0.15) is 54.8 Å². The number of hydrogen-bond donors (Lipinski definition) is 5. The van der Waals surface area contributed by atoms with E-state index in [2.05, 4.69) is 66.5 Å². The van der Waals surface area contributed by atoms with Crippen LogP contribution in [-0.2, 0) is 77.1 Å². The maximum Gasteiger partial charge on any atom is 0.451 e. The molecule has 3 aliphatic heterocycles. The fraction of sp³-hybridized carbons (Fsp3) is 0.227. The van der Waals surface area contributed by atoms with Crippen LogP contribution in [0.15, 0.2) is 142 Å². The van der Waals surface area contributed by atoms with E-state index in [-0.39, 0.29) is 122 Å². The molecule has 12 aromatic rings. The highest BCUT2D eigenvalue weighted by Gasteiger charge is 2.42. The number of halogens is 13. The Labute approximate surface area is 580 Å². The zero-order valence-electron chi connectivity index (χ0n) is 53.2. The van der Waals surface area contributed by atoms with Crippen LogP contribution >= 0.6 is 12.4 Å². The molecule has 6 aromatic carbocycles. The van der Waals surface area contributed by atoms with E-state index in [0.29, 0.717) is 85.0 Å². The van der Waals surface area contributed by atoms with Crippen LogP contribution in [0.25, 0.3) is 32.3 Å². The van der Waals surface area contributed by atoms with Crippen LogP contribution in [0.5, 0.6) is 0 Å². The Morgan fingerprint density at radius 2 is 0.731 bits per heavy atom. The third kappa shape index (κ3) is 15.7. The van der Waals surface area contributed by atoms with Crippen LogP contribution in [0.4, 0.5) is 52.7 Å². The van der Waals surface area contributed by atoms with Crippen molar-refractivity contribution in [3.63, 3.8) is 0 Å². The number of carboxylic acid groups (broad SMARTS) is 1. The number of carbonyl (C=O) groups excluding carboxylic acids is 2. The van der Waals surface area contributed by atoms with Crippen molar-refractivity contribution in [2.45, 2.75) is 77.1 Å². The minimum absolute atomic E-state index is 0. The topological polar surface area (TPSA) is 319 Å². The normalized spacial score (nSPS) is 13.5. The third-order valence-corrected chi connectivity index (χ3v) is 16.7. The van der Waals surface area contributed by atoms with Gasteiger partial charge < -0.3 is 33.9 Å². The SMILES string of the molecule is Cl.FC(F)(F)c1nnc2n1CCNC2.O=C(O)c1cc(Cc2n[nH]c(=O)c3ccccc23)ccc1F.O=C(c1cc(Cc2n[nH]c(=O)c3ccccc23)ccc1F)N1CCn2c(nnc2C(F)(F)F)C1.O=C(c1cc(Cc2n[nH]c(=O)c3ccccc23)ccc1F)N1CCn2c(nnc2C(F)(F)F)C1. The number of nitrogens with one attached hydrogen (secondary N) is 4. The maximum absolute atomic E-state index is 14.6. The third-order valence-electron chi connectivity index (χ3n) is 16.7. The number of aromatic amines is 3. The van der Waals surface area contributed by atoms with Crippen LogP contribution in [0.3, 0.4) is 0 Å². The number of carboxylic acids is 1. The summed E-state index contributed by atoms with van der Waals surface area (Å²) in [5.41, 5.74) is 1.69. The molecule has 0 fully saturated rings. The van der Waals surface area contributed by atoms with Gasteiger partial charge in [0.2, 0.25) is 17.5 Å². The maximum atomic E-state index is 14.6. The molecular formula is C66H51ClF12N18O7. The van der Waals surface area contributed by atoms with Crippen LogP contribution in [0, 0.1) is 17.5 Å². The smallest absolute Gasteiger partial charge is 0.451 e. The van der Waals surface area contributed by atoms with Crippen LogP contribution in [0.1, 0.15) is 99.8 Å². The molecule has 538 valence electrons. The Kier molecular flexibility index (Phi) is 21.0. The van der Waals surface area contributed by atoms with E-state index >= 15 is 0 Å². The van der Waals surface area contributed by atoms with Gasteiger partial charge in [0, 0.05) is 74.7 Å². The first kappa shape index (κ1) is 73.2. The Hall–Kier alpha value is -12.0. The lowest BCUT2D eigenvalue weighted by Gasteiger charge is -2.28. The molecule has 0 atom stereocenters. The van der Waals surface area contributed by atoms with E-state index in [9.17, 15) is 81.5 Å². The van der Waals surface area contributed by atoms with Crippen molar-refractivity contribution >= 4 is 62.5 Å². The fourth-order valence-electron chi connectivity index (χ4n) is 11.8. The summed E-state index contributed by atoms with van der Waals surface area (Å²) in [6.07, 6.45) is -13.0. The molecule has 9 heterocycles. The lowest BCUT2D eigenvalue weighted by Crippen LogP contribution is -2.39. The van der Waals surface area contributed by atoms with Crippen molar-refractivity contribution in [3.05, 3.63) is 261 Å². The number of hydrogen-bond acceptors (Lipinski definition) is 16. The second kappa shape index (κ2) is 29.9. The molecule has 0 aliphatic carbocycles. The number of H-pyrrole nitrogens is 3. The zero-order valence-corrected chi connectivity index (χ0v) is 54.0. The van der Waals surface area contributed by atoms with E-state index in [0.717, 1.165) is 31.9 Å². The number of amides is 2. The molecule has 6 aromatic heterocycles. The van der Waals surface area contributed by atoms with Crippen LogP contribution in [0.2, 0.25) is 0 Å². The van der Waals surface area contributed by atoms with Gasteiger partial charge in [0.05, 0.1) is 69.6 Å². The van der Waals surface area contributed by atoms with Crippen molar-refractivity contribution in [3.8, 4) is 0 Å². The first-order valence-electron chi connectivity index (χ1n) is 30.8. The standard InChI is InChI=1S/2C22H16F4N6O2.C16H11FN2O3.C6H7F3N4.ClH/c2*23-16-6-5-12(10-17-13-3-1-2-4-14(13)19(33)29-27-17)9-15(16)20(34)31-7-8-32-18(11-31)28-30-21(32)22(24,25)26;17-13-6-5-9(7-12(13)16(21)22)8-14-10-3-1-2-4-11(10)15(20)19-18-14;7-6(8,9)5-12-11-4-3-10-1-2-13(4)5;/h2*1-6,9H,7-8,10-11H2,(H,29,33);1-7H,8H2,(H,19,20)(H,21,22);10H,1-3H2;1H. The van der Waals surface area contributed by atoms with E-state index in [1.165, 1.54) is 46.2 Å². The van der Waals surface area contributed by atoms with Gasteiger partial charge in [-0.25, -0.2) is 33.3 Å². The summed E-state index contributed by atoms with van der Waals surface area (Å²) < 4.78 is 161. The predicted octanol–water partition coefficient (Wildman–Crippen LogP) is 9.01. The van der Waals surface area contributed by atoms with Crippen molar-refractivity contribution in [2.24, 2.45) is 0 Å². The first-order chi connectivity index (χ1) is 49.1. The molecule has 25 nitrogen and oxygen atoms in total. The summed E-state index contributed by atoms with van der Waals surface area (Å²) in [6.45, 7) is 0.282. The summed E-state index contributed by atoms with van der Waals surface area (Å²) in [4.78, 5) is 75.3. The highest BCUT2D eigenvalue weighted by Crippen LogP contribution is 2.33. The van der Waals surface area contributed by atoms with Gasteiger partial charge in [0.25, 0.3) is 28.5 Å². The Morgan fingerprint density at radius 3 is 1.08 bits per heavy atom. The minimum Gasteiger partial charge on any atom is -0.478 e. The molecule has 0 unspecified atom stereocenters. The largest absolute Gasteiger partial charge is 0.478 e. The molecular weight excluding hydrogens is 1420 g/mol. The summed E-state index contributed by atoms with van der Waals surface area (Å²) in [6, 6.07) is 32.8. The molecule has 0 spiro atoms. The van der Waals surface area contributed by atoms with Gasteiger partial charge in [-0.1, -0.05) is 72.8 Å². The molecule has 15 rings (SSSR count). The quantitative estimate of drug-likeness (QED) is 0.0841. The predicted molar refractivity (Wildman–Crippen MR) is 345 cm³/mol. The molecule has 0 bridgehead atoms. The summed E-state index contributed by atoms with van der Waals surface area (Å²) in [5.74, 6) is -7.78. The number of rotatable bonds is 9. The Bertz CT molecular complexity index is 5240. The summed E-state index contributed by atoms with van der Waals surface area (Å²) in [7, 11) is 0. The molecule has 2 amide bonds. The van der Waals surface area contributed by atoms with Gasteiger partial charge in [-0.05, 0) is 71.3 Å². The number of carbonyl (C=O) groups is 3. The van der Waals surface area contributed by atoms with Crippen LogP contribution in [-0.4, -0.2) is 127 Å². The summed E-state index contributed by atoms with van der Waals surface area (Å²) >= 11 is 0. The van der Waals surface area contributed by atoms with Crippen molar-refractivity contribution in [1.29, 1.82) is 0 Å². The monoisotopic (exact) mass is 1470 g/mol.